The molecule has 2 N–H and O–H groups in total. The summed E-state index contributed by atoms with van der Waals surface area (Å²) < 4.78 is 0. The predicted molar refractivity (Wildman–Crippen MR) is 172 cm³/mol. The van der Waals surface area contributed by atoms with Crippen molar-refractivity contribution in [2.24, 2.45) is 5.92 Å². The van der Waals surface area contributed by atoms with Gasteiger partial charge in [0.05, 0.1) is 6.04 Å². The lowest BCUT2D eigenvalue weighted by atomic mass is 9.76. The van der Waals surface area contributed by atoms with Gasteiger partial charge >= 0.3 is 0 Å². The summed E-state index contributed by atoms with van der Waals surface area (Å²) in [7, 11) is 0. The van der Waals surface area contributed by atoms with Crippen LogP contribution in [0.2, 0.25) is 0 Å². The fraction of sp³-hybridized carbons (Fsp3) is 0.474. The smallest absolute Gasteiger partial charge is 0.0600 e. The Morgan fingerprint density at radius 1 is 1.00 bits per heavy atom. The van der Waals surface area contributed by atoms with Crippen LogP contribution in [-0.4, -0.2) is 36.6 Å². The molecule has 3 heteroatoms. The monoisotopic (exact) mass is 545 g/mol. The largest absolute Gasteiger partial charge is 0.382 e. The van der Waals surface area contributed by atoms with Crippen molar-refractivity contribution < 1.29 is 0 Å². The van der Waals surface area contributed by atoms with Crippen molar-refractivity contribution in [3.63, 3.8) is 0 Å². The van der Waals surface area contributed by atoms with Crippen LogP contribution in [0.1, 0.15) is 83.3 Å². The van der Waals surface area contributed by atoms with Gasteiger partial charge in [-0.15, -0.1) is 0 Å². The molecule has 1 aromatic carbocycles. The second-order valence-corrected chi connectivity index (χ2v) is 13.6. The van der Waals surface area contributed by atoms with E-state index in [2.05, 4.69) is 103 Å². The van der Waals surface area contributed by atoms with Crippen molar-refractivity contribution in [3.8, 4) is 0 Å². The van der Waals surface area contributed by atoms with Crippen molar-refractivity contribution in [1.29, 1.82) is 0 Å². The fourth-order valence-corrected chi connectivity index (χ4v) is 8.57. The second-order valence-electron chi connectivity index (χ2n) is 13.6. The van der Waals surface area contributed by atoms with Crippen LogP contribution in [0.3, 0.4) is 0 Å². The van der Waals surface area contributed by atoms with E-state index in [1.807, 2.05) is 0 Å². The third-order valence-corrected chi connectivity index (χ3v) is 10.8. The van der Waals surface area contributed by atoms with Crippen LogP contribution in [0, 0.1) is 5.92 Å². The summed E-state index contributed by atoms with van der Waals surface area (Å²) in [5.74, 6) is 0.728. The topological polar surface area (TPSA) is 27.3 Å². The third-order valence-electron chi connectivity index (χ3n) is 10.8. The third kappa shape index (κ3) is 4.91. The molecule has 2 aliphatic heterocycles. The first-order valence-corrected chi connectivity index (χ1v) is 16.2. The van der Waals surface area contributed by atoms with E-state index in [0.29, 0.717) is 12.1 Å². The van der Waals surface area contributed by atoms with E-state index in [4.69, 9.17) is 0 Å². The normalized spacial score (nSPS) is 31.1. The van der Waals surface area contributed by atoms with Crippen molar-refractivity contribution in [3.05, 3.63) is 112 Å². The molecular formula is C38H47N3. The number of rotatable bonds is 4. The zero-order valence-electron chi connectivity index (χ0n) is 25.3. The van der Waals surface area contributed by atoms with Gasteiger partial charge in [0.1, 0.15) is 0 Å². The van der Waals surface area contributed by atoms with E-state index < -0.39 is 0 Å². The maximum Gasteiger partial charge on any atom is 0.0600 e. The average Bonchev–Trinajstić information content (AvgIpc) is 3.23. The molecule has 0 aromatic heterocycles. The van der Waals surface area contributed by atoms with Crippen LogP contribution in [0.15, 0.2) is 100 Å². The van der Waals surface area contributed by atoms with Crippen molar-refractivity contribution in [2.75, 3.05) is 19.6 Å². The molecule has 0 radical (unpaired) electrons. The molecule has 1 saturated heterocycles. The number of nitrogens with one attached hydrogen (secondary N) is 2. The van der Waals surface area contributed by atoms with E-state index in [-0.39, 0.29) is 5.41 Å². The molecule has 3 unspecified atom stereocenters. The van der Waals surface area contributed by atoms with Crippen molar-refractivity contribution >= 4 is 5.57 Å². The lowest BCUT2D eigenvalue weighted by molar-refractivity contribution is 0.292. The SMILES string of the molecule is C/C1=C\C=C/CN(C2=CC=C(C3CCCNC3)CC2)C2CC=CC(NC3CCC4=C(C3)C(C)(C)c3ccccc34)=C12. The highest BCUT2D eigenvalue weighted by atomic mass is 15.2. The molecular weight excluding hydrogens is 498 g/mol. The molecule has 0 bridgehead atoms. The molecule has 7 rings (SSSR count). The molecule has 0 amide bonds. The van der Waals surface area contributed by atoms with Crippen LogP contribution in [0.4, 0.5) is 0 Å². The highest BCUT2D eigenvalue weighted by Crippen LogP contribution is 2.52. The zero-order chi connectivity index (χ0) is 28.0. The van der Waals surface area contributed by atoms with Gasteiger partial charge in [-0.05, 0) is 105 Å². The number of fused-ring (bicyclic) bond motifs is 3. The first kappa shape index (κ1) is 26.8. The van der Waals surface area contributed by atoms with E-state index in [1.54, 1.807) is 16.7 Å². The molecule has 0 spiro atoms. The van der Waals surface area contributed by atoms with Crippen LogP contribution >= 0.6 is 0 Å². The second kappa shape index (κ2) is 11.0. The van der Waals surface area contributed by atoms with E-state index in [0.717, 1.165) is 38.3 Å². The summed E-state index contributed by atoms with van der Waals surface area (Å²) in [6.07, 6.45) is 26.3. The van der Waals surface area contributed by atoms with Crippen LogP contribution in [0.5, 0.6) is 0 Å². The van der Waals surface area contributed by atoms with Gasteiger partial charge in [0, 0.05) is 41.5 Å². The Hall–Kier alpha value is -3.04. The standard InChI is InChI=1S/C38H47N3/c1-26-10-6-7-23-41(30-19-16-27(17-20-30)28-11-9-22-39-25-28)36-15-8-14-35(37(26)36)40-29-18-21-32-31-12-4-5-13-33(31)38(2,3)34(32)24-29/h4-8,10,12-14,16,19,28-29,36,39-40H,9,11,15,17-18,20-25H2,1-3H3/b7-6-,26-10+. The predicted octanol–water partition coefficient (Wildman–Crippen LogP) is 7.88. The lowest BCUT2D eigenvalue weighted by Gasteiger charge is -2.41. The quantitative estimate of drug-likeness (QED) is 0.403. The maximum atomic E-state index is 4.12. The highest BCUT2D eigenvalue weighted by molar-refractivity contribution is 5.80. The molecule has 214 valence electrons. The molecule has 1 aromatic rings. The number of benzene rings is 1. The Labute approximate surface area is 247 Å². The number of hydrogen-bond donors (Lipinski definition) is 2. The number of allylic oxidation sites excluding steroid dienone is 7. The molecule has 3 nitrogen and oxygen atoms in total. The van der Waals surface area contributed by atoms with E-state index in [1.165, 1.54) is 72.3 Å². The zero-order valence-corrected chi connectivity index (χ0v) is 25.3. The van der Waals surface area contributed by atoms with Gasteiger partial charge in [-0.1, -0.05) is 79.6 Å². The van der Waals surface area contributed by atoms with Crippen LogP contribution in [0.25, 0.3) is 5.57 Å². The van der Waals surface area contributed by atoms with E-state index in [9.17, 15) is 0 Å². The summed E-state index contributed by atoms with van der Waals surface area (Å²) in [4.78, 5) is 2.71. The van der Waals surface area contributed by atoms with Gasteiger partial charge in [-0.3, -0.25) is 0 Å². The first-order chi connectivity index (χ1) is 20.0. The van der Waals surface area contributed by atoms with Gasteiger partial charge < -0.3 is 15.5 Å². The Bertz CT molecular complexity index is 1420. The fourth-order valence-electron chi connectivity index (χ4n) is 8.57. The molecule has 41 heavy (non-hydrogen) atoms. The summed E-state index contributed by atoms with van der Waals surface area (Å²) >= 11 is 0. The maximum absolute atomic E-state index is 4.12. The summed E-state index contributed by atoms with van der Waals surface area (Å²) in [6, 6.07) is 9.98. The Kier molecular flexibility index (Phi) is 7.19. The summed E-state index contributed by atoms with van der Waals surface area (Å²) in [5, 5.41) is 7.73. The van der Waals surface area contributed by atoms with Gasteiger partial charge in [0.15, 0.2) is 0 Å². The summed E-state index contributed by atoms with van der Waals surface area (Å²) in [5.41, 5.74) is 13.8. The Balaban J connectivity index is 1.15. The molecule has 6 aliphatic rings. The van der Waals surface area contributed by atoms with Crippen LogP contribution in [-0.2, 0) is 5.41 Å². The van der Waals surface area contributed by atoms with Crippen LogP contribution < -0.4 is 10.6 Å². The highest BCUT2D eigenvalue weighted by Gasteiger charge is 2.40. The minimum Gasteiger partial charge on any atom is -0.382 e. The van der Waals surface area contributed by atoms with Gasteiger partial charge in [0.2, 0.25) is 0 Å². The van der Waals surface area contributed by atoms with Crippen molar-refractivity contribution in [1.82, 2.24) is 15.5 Å². The van der Waals surface area contributed by atoms with E-state index >= 15 is 0 Å². The number of piperidine rings is 1. The molecule has 2 heterocycles. The molecule has 0 saturated carbocycles. The van der Waals surface area contributed by atoms with Gasteiger partial charge in [-0.2, -0.15) is 0 Å². The molecule has 4 aliphatic carbocycles. The lowest BCUT2D eigenvalue weighted by Crippen LogP contribution is -2.41. The Morgan fingerprint density at radius 2 is 1.90 bits per heavy atom. The molecule has 3 atom stereocenters. The molecule has 1 fully saturated rings. The van der Waals surface area contributed by atoms with Gasteiger partial charge in [-0.25, -0.2) is 0 Å². The van der Waals surface area contributed by atoms with Crippen molar-refractivity contribution in [2.45, 2.75) is 89.6 Å². The summed E-state index contributed by atoms with van der Waals surface area (Å²) in [6.45, 7) is 10.5. The first-order valence-electron chi connectivity index (χ1n) is 16.2. The van der Waals surface area contributed by atoms with Gasteiger partial charge in [0.25, 0.3) is 0 Å². The minimum absolute atomic E-state index is 0.125. The number of nitrogens with zero attached hydrogens (tertiary/aromatic N) is 1. The Morgan fingerprint density at radius 3 is 2.73 bits per heavy atom. The minimum atomic E-state index is 0.125. The average molecular weight is 546 g/mol. The number of hydrogen-bond acceptors (Lipinski definition) is 3.